The van der Waals surface area contributed by atoms with Gasteiger partial charge in [0, 0.05) is 12.0 Å². The molecule has 1 rings (SSSR count). The van der Waals surface area contributed by atoms with Crippen molar-refractivity contribution in [3.63, 3.8) is 0 Å². The van der Waals surface area contributed by atoms with Gasteiger partial charge in [-0.1, -0.05) is 18.8 Å². The van der Waals surface area contributed by atoms with Crippen LogP contribution in [0.25, 0.3) is 0 Å². The van der Waals surface area contributed by atoms with Crippen molar-refractivity contribution in [3.8, 4) is 12.3 Å². The van der Waals surface area contributed by atoms with Crippen molar-refractivity contribution in [2.75, 3.05) is 6.54 Å². The van der Waals surface area contributed by atoms with Crippen LogP contribution in [-0.2, 0) is 4.79 Å². The molecule has 0 aromatic rings. The highest BCUT2D eigenvalue weighted by atomic mass is 35.5. The second-order valence-electron chi connectivity index (χ2n) is 3.69. The van der Waals surface area contributed by atoms with Crippen LogP contribution < -0.4 is 5.32 Å². The lowest BCUT2D eigenvalue weighted by atomic mass is 9.82. The first-order valence-electron chi connectivity index (χ1n) is 4.93. The molecule has 1 aliphatic rings. The Labute approximate surface area is 92.2 Å². The summed E-state index contributed by atoms with van der Waals surface area (Å²) in [4.78, 5) is 11.3. The Kier molecular flexibility index (Phi) is 6.61. The SMILES string of the molecule is C#CCNC1CCCCC1C(C)=O.Cl. The Morgan fingerprint density at radius 2 is 2.14 bits per heavy atom. The van der Waals surface area contributed by atoms with Gasteiger partial charge in [-0.25, -0.2) is 0 Å². The molecule has 1 aliphatic carbocycles. The Morgan fingerprint density at radius 3 is 2.71 bits per heavy atom. The molecular weight excluding hydrogens is 198 g/mol. The molecule has 0 amide bonds. The zero-order valence-corrected chi connectivity index (χ0v) is 9.40. The summed E-state index contributed by atoms with van der Waals surface area (Å²) in [5.74, 6) is 3.05. The number of ketones is 1. The van der Waals surface area contributed by atoms with Crippen molar-refractivity contribution in [1.82, 2.24) is 5.32 Å². The van der Waals surface area contributed by atoms with Crippen LogP contribution in [0.15, 0.2) is 0 Å². The molecule has 0 aromatic heterocycles. The molecule has 2 nitrogen and oxygen atoms in total. The molecule has 0 bridgehead atoms. The molecule has 1 N–H and O–H groups in total. The van der Waals surface area contributed by atoms with E-state index in [0.29, 0.717) is 18.4 Å². The zero-order valence-electron chi connectivity index (χ0n) is 8.58. The summed E-state index contributed by atoms with van der Waals surface area (Å²) in [6.45, 7) is 2.26. The summed E-state index contributed by atoms with van der Waals surface area (Å²) in [5, 5.41) is 3.25. The summed E-state index contributed by atoms with van der Waals surface area (Å²) >= 11 is 0. The van der Waals surface area contributed by atoms with Crippen molar-refractivity contribution >= 4 is 18.2 Å². The molecule has 2 atom stereocenters. The molecule has 1 fully saturated rings. The molecule has 0 aromatic carbocycles. The summed E-state index contributed by atoms with van der Waals surface area (Å²) in [7, 11) is 0. The van der Waals surface area contributed by atoms with Crippen LogP contribution in [0.5, 0.6) is 0 Å². The van der Waals surface area contributed by atoms with E-state index >= 15 is 0 Å². The first kappa shape index (κ1) is 13.5. The molecule has 0 radical (unpaired) electrons. The molecule has 1 saturated carbocycles. The average molecular weight is 216 g/mol. The molecular formula is C11H18ClNO. The van der Waals surface area contributed by atoms with E-state index in [1.807, 2.05) is 0 Å². The molecule has 3 heteroatoms. The van der Waals surface area contributed by atoms with E-state index in [1.165, 1.54) is 12.8 Å². The van der Waals surface area contributed by atoms with Crippen molar-refractivity contribution in [3.05, 3.63) is 0 Å². The Balaban J connectivity index is 0.00000169. The first-order chi connectivity index (χ1) is 6.25. The van der Waals surface area contributed by atoms with Gasteiger partial charge in [-0.3, -0.25) is 4.79 Å². The molecule has 0 spiro atoms. The summed E-state index contributed by atoms with van der Waals surface area (Å²) in [5.41, 5.74) is 0. The number of nitrogens with one attached hydrogen (secondary N) is 1. The van der Waals surface area contributed by atoms with Crippen LogP contribution in [0.3, 0.4) is 0 Å². The number of rotatable bonds is 3. The lowest BCUT2D eigenvalue weighted by Crippen LogP contribution is -2.41. The van der Waals surface area contributed by atoms with Crippen molar-refractivity contribution < 1.29 is 4.79 Å². The van der Waals surface area contributed by atoms with Crippen molar-refractivity contribution in [2.24, 2.45) is 5.92 Å². The third-order valence-electron chi connectivity index (χ3n) is 2.75. The fourth-order valence-corrected chi connectivity index (χ4v) is 2.05. The van der Waals surface area contributed by atoms with E-state index in [2.05, 4.69) is 11.2 Å². The van der Waals surface area contributed by atoms with Gasteiger partial charge in [0.1, 0.15) is 5.78 Å². The minimum absolute atomic E-state index is 0. The predicted molar refractivity (Wildman–Crippen MR) is 60.5 cm³/mol. The first-order valence-corrected chi connectivity index (χ1v) is 4.93. The van der Waals surface area contributed by atoms with E-state index < -0.39 is 0 Å². The highest BCUT2D eigenvalue weighted by molar-refractivity contribution is 5.85. The van der Waals surface area contributed by atoms with Crippen LogP contribution >= 0.6 is 12.4 Å². The van der Waals surface area contributed by atoms with Gasteiger partial charge < -0.3 is 5.32 Å². The average Bonchev–Trinajstić information content (AvgIpc) is 2.15. The number of carbonyl (C=O) groups excluding carboxylic acids is 1. The van der Waals surface area contributed by atoms with E-state index in [1.54, 1.807) is 6.92 Å². The second kappa shape index (κ2) is 6.86. The van der Waals surface area contributed by atoms with E-state index in [4.69, 9.17) is 6.42 Å². The maximum atomic E-state index is 11.3. The topological polar surface area (TPSA) is 29.1 Å². The number of hydrogen-bond acceptors (Lipinski definition) is 2. The third-order valence-corrected chi connectivity index (χ3v) is 2.75. The quantitative estimate of drug-likeness (QED) is 0.728. The van der Waals surface area contributed by atoms with E-state index in [9.17, 15) is 4.79 Å². The van der Waals surface area contributed by atoms with Crippen LogP contribution in [0.1, 0.15) is 32.6 Å². The number of carbonyl (C=O) groups is 1. The number of Topliss-reactive ketones (excluding diaryl/α,β-unsaturated/α-hetero) is 1. The van der Waals surface area contributed by atoms with Gasteiger partial charge in [-0.2, -0.15) is 0 Å². The van der Waals surface area contributed by atoms with Crippen LogP contribution in [0, 0.1) is 18.3 Å². The molecule has 0 aliphatic heterocycles. The maximum absolute atomic E-state index is 11.3. The number of hydrogen-bond donors (Lipinski definition) is 1. The summed E-state index contributed by atoms with van der Waals surface area (Å²) in [6.07, 6.45) is 9.68. The fourth-order valence-electron chi connectivity index (χ4n) is 2.05. The van der Waals surface area contributed by atoms with Gasteiger partial charge in [0.2, 0.25) is 0 Å². The highest BCUT2D eigenvalue weighted by Gasteiger charge is 2.27. The predicted octanol–water partition coefficient (Wildman–Crippen LogP) is 1.78. The van der Waals surface area contributed by atoms with Crippen LogP contribution in [0.4, 0.5) is 0 Å². The lowest BCUT2D eigenvalue weighted by Gasteiger charge is -2.29. The highest BCUT2D eigenvalue weighted by Crippen LogP contribution is 2.24. The van der Waals surface area contributed by atoms with Crippen molar-refractivity contribution in [1.29, 1.82) is 0 Å². The number of terminal acetylenes is 1. The van der Waals surface area contributed by atoms with Gasteiger partial charge in [-0.05, 0) is 19.8 Å². The van der Waals surface area contributed by atoms with Gasteiger partial charge in [0.05, 0.1) is 6.54 Å². The van der Waals surface area contributed by atoms with Gasteiger partial charge in [0.25, 0.3) is 0 Å². The largest absolute Gasteiger partial charge is 0.303 e. The van der Waals surface area contributed by atoms with E-state index in [0.717, 1.165) is 12.8 Å². The molecule has 0 heterocycles. The van der Waals surface area contributed by atoms with Gasteiger partial charge >= 0.3 is 0 Å². The Bertz CT molecular complexity index is 222. The van der Waals surface area contributed by atoms with Crippen LogP contribution in [-0.4, -0.2) is 18.4 Å². The zero-order chi connectivity index (χ0) is 9.68. The maximum Gasteiger partial charge on any atom is 0.134 e. The van der Waals surface area contributed by atoms with Gasteiger partial charge in [0.15, 0.2) is 0 Å². The third kappa shape index (κ3) is 3.69. The number of halogens is 1. The Morgan fingerprint density at radius 1 is 1.50 bits per heavy atom. The normalized spacial score (nSPS) is 26.0. The fraction of sp³-hybridized carbons (Fsp3) is 0.727. The van der Waals surface area contributed by atoms with Gasteiger partial charge in [-0.15, -0.1) is 18.8 Å². The minimum Gasteiger partial charge on any atom is -0.303 e. The summed E-state index contributed by atoms with van der Waals surface area (Å²) in [6, 6.07) is 0.322. The molecule has 2 unspecified atom stereocenters. The smallest absolute Gasteiger partial charge is 0.134 e. The van der Waals surface area contributed by atoms with Crippen LogP contribution in [0.2, 0.25) is 0 Å². The Hall–Kier alpha value is -0.520. The summed E-state index contributed by atoms with van der Waals surface area (Å²) < 4.78 is 0. The minimum atomic E-state index is 0. The second-order valence-corrected chi connectivity index (χ2v) is 3.69. The molecule has 0 saturated heterocycles. The lowest BCUT2D eigenvalue weighted by molar-refractivity contribution is -0.122. The van der Waals surface area contributed by atoms with E-state index in [-0.39, 0.29) is 18.3 Å². The standard InChI is InChI=1S/C11H17NO.ClH/c1-3-8-12-11-7-5-4-6-10(11)9(2)13;/h1,10-12H,4-8H2,2H3;1H. The monoisotopic (exact) mass is 215 g/mol. The molecule has 14 heavy (non-hydrogen) atoms. The van der Waals surface area contributed by atoms with Crippen molar-refractivity contribution in [2.45, 2.75) is 38.6 Å². The molecule has 80 valence electrons.